The van der Waals surface area contributed by atoms with Gasteiger partial charge in [0.05, 0.1) is 18.7 Å². The second kappa shape index (κ2) is 7.46. The zero-order valence-electron chi connectivity index (χ0n) is 14.0. The lowest BCUT2D eigenvalue weighted by Crippen LogP contribution is -2.47. The number of nitrogens with zero attached hydrogens (tertiary/aromatic N) is 1. The van der Waals surface area contributed by atoms with Gasteiger partial charge in [0.2, 0.25) is 0 Å². The van der Waals surface area contributed by atoms with Crippen molar-refractivity contribution in [3.05, 3.63) is 41.1 Å². The molecule has 6 heteroatoms. The maximum absolute atomic E-state index is 12.9. The van der Waals surface area contributed by atoms with Gasteiger partial charge in [-0.1, -0.05) is 12.1 Å². The molecule has 1 aromatic rings. The highest BCUT2D eigenvalue weighted by atomic mass is 32.1. The topological polar surface area (TPSA) is 53.6 Å². The van der Waals surface area contributed by atoms with E-state index >= 15 is 0 Å². The Bertz CT molecular complexity index is 621. The van der Waals surface area contributed by atoms with Gasteiger partial charge in [-0.15, -0.1) is 0 Å². The molecule has 0 saturated carbocycles. The van der Waals surface area contributed by atoms with Crippen molar-refractivity contribution in [2.45, 2.75) is 26.8 Å². The Labute approximate surface area is 142 Å². The number of methoxy groups -OCH3 is 1. The number of likely N-dealkylation sites (N-methyl/N-ethyl adjacent to an activating group) is 1. The zero-order valence-corrected chi connectivity index (χ0v) is 14.8. The third-order valence-corrected chi connectivity index (χ3v) is 4.22. The first kappa shape index (κ1) is 17.3. The van der Waals surface area contributed by atoms with Crippen LogP contribution < -0.4 is 15.4 Å². The Morgan fingerprint density at radius 3 is 2.39 bits per heavy atom. The fourth-order valence-corrected chi connectivity index (χ4v) is 2.98. The van der Waals surface area contributed by atoms with E-state index < -0.39 is 0 Å². The van der Waals surface area contributed by atoms with Gasteiger partial charge >= 0.3 is 0 Å². The summed E-state index contributed by atoms with van der Waals surface area (Å²) < 4.78 is 5.20. The van der Waals surface area contributed by atoms with Crippen LogP contribution in [0.15, 0.2) is 35.5 Å². The number of thiocarbonyl (C=S) groups is 1. The van der Waals surface area contributed by atoms with Crippen LogP contribution in [0.1, 0.15) is 32.4 Å². The highest BCUT2D eigenvalue weighted by Gasteiger charge is 2.31. The number of carbonyl (C=O) groups excluding carboxylic acids is 1. The van der Waals surface area contributed by atoms with Crippen LogP contribution in [0.25, 0.3) is 0 Å². The number of carbonyl (C=O) groups is 1. The Balaban J connectivity index is 2.43. The second-order valence-corrected chi connectivity index (χ2v) is 5.73. The molecule has 2 N–H and O–H groups in total. The van der Waals surface area contributed by atoms with Crippen LogP contribution in [-0.4, -0.2) is 36.1 Å². The lowest BCUT2D eigenvalue weighted by Gasteiger charge is -2.33. The van der Waals surface area contributed by atoms with Crippen LogP contribution in [-0.2, 0) is 4.79 Å². The monoisotopic (exact) mass is 333 g/mol. The van der Waals surface area contributed by atoms with Crippen molar-refractivity contribution in [2.24, 2.45) is 0 Å². The van der Waals surface area contributed by atoms with Crippen LogP contribution in [0.4, 0.5) is 0 Å². The molecule has 1 aliphatic rings. The summed E-state index contributed by atoms with van der Waals surface area (Å²) in [6.45, 7) is 7.19. The lowest BCUT2D eigenvalue weighted by atomic mass is 9.94. The molecule has 124 valence electrons. The maximum Gasteiger partial charge on any atom is 0.253 e. The largest absolute Gasteiger partial charge is 0.497 e. The molecule has 1 atom stereocenters. The van der Waals surface area contributed by atoms with Crippen LogP contribution in [0.5, 0.6) is 5.75 Å². The van der Waals surface area contributed by atoms with Gasteiger partial charge in [-0.2, -0.15) is 0 Å². The first-order valence-corrected chi connectivity index (χ1v) is 8.14. The highest BCUT2D eigenvalue weighted by Crippen LogP contribution is 2.29. The fourth-order valence-electron chi connectivity index (χ4n) is 2.70. The van der Waals surface area contributed by atoms with Crippen molar-refractivity contribution in [1.29, 1.82) is 0 Å². The molecule has 23 heavy (non-hydrogen) atoms. The van der Waals surface area contributed by atoms with Crippen LogP contribution >= 0.6 is 12.2 Å². The SMILES string of the molecule is CCN(CC)C(=O)C1=C(C)NC(=S)N[C@H]1c1ccc(OC)cc1. The summed E-state index contributed by atoms with van der Waals surface area (Å²) >= 11 is 5.26. The Hall–Kier alpha value is -2.08. The standard InChI is InChI=1S/C17H23N3O2S/c1-5-20(6-2)16(21)14-11(3)18-17(23)19-15(14)12-7-9-13(22-4)10-8-12/h7-10,15H,5-6H2,1-4H3,(H2,18,19,23)/t15-/m0/s1. The van der Waals surface area contributed by atoms with Crippen molar-refractivity contribution in [3.8, 4) is 5.75 Å². The lowest BCUT2D eigenvalue weighted by molar-refractivity contribution is -0.127. The molecule has 5 nitrogen and oxygen atoms in total. The molecular weight excluding hydrogens is 310 g/mol. The Morgan fingerprint density at radius 1 is 1.26 bits per heavy atom. The summed E-state index contributed by atoms with van der Waals surface area (Å²) in [7, 11) is 1.63. The Kier molecular flexibility index (Phi) is 5.60. The van der Waals surface area contributed by atoms with E-state index in [1.807, 2.05) is 49.9 Å². The van der Waals surface area contributed by atoms with E-state index in [1.54, 1.807) is 7.11 Å². The van der Waals surface area contributed by atoms with E-state index in [0.29, 0.717) is 23.8 Å². The number of rotatable bonds is 5. The third-order valence-electron chi connectivity index (χ3n) is 4.00. The quantitative estimate of drug-likeness (QED) is 0.810. The molecule has 0 unspecified atom stereocenters. The number of ether oxygens (including phenoxy) is 1. The van der Waals surface area contributed by atoms with E-state index in [-0.39, 0.29) is 11.9 Å². The van der Waals surface area contributed by atoms with Crippen LogP contribution in [0, 0.1) is 0 Å². The normalized spacial score (nSPS) is 17.4. The van der Waals surface area contributed by atoms with Gasteiger partial charge in [-0.25, -0.2) is 0 Å². The molecule has 0 radical (unpaired) electrons. The van der Waals surface area contributed by atoms with Gasteiger partial charge in [-0.3, -0.25) is 4.79 Å². The summed E-state index contributed by atoms with van der Waals surface area (Å²) in [5, 5.41) is 6.80. The Morgan fingerprint density at radius 2 is 1.87 bits per heavy atom. The van der Waals surface area contributed by atoms with Crippen LogP contribution in [0.3, 0.4) is 0 Å². The van der Waals surface area contributed by atoms with Crippen molar-refractivity contribution in [3.63, 3.8) is 0 Å². The van der Waals surface area contributed by atoms with Gasteiger partial charge < -0.3 is 20.3 Å². The van der Waals surface area contributed by atoms with E-state index in [4.69, 9.17) is 17.0 Å². The average molecular weight is 333 g/mol. The van der Waals surface area contributed by atoms with Crippen molar-refractivity contribution in [2.75, 3.05) is 20.2 Å². The molecule has 1 aromatic carbocycles. The highest BCUT2D eigenvalue weighted by molar-refractivity contribution is 7.80. The fraction of sp³-hybridized carbons (Fsp3) is 0.412. The molecule has 1 amide bonds. The van der Waals surface area contributed by atoms with Gasteiger partial charge in [0, 0.05) is 18.8 Å². The minimum Gasteiger partial charge on any atom is -0.497 e. The molecule has 0 saturated heterocycles. The molecule has 0 aliphatic carbocycles. The summed E-state index contributed by atoms with van der Waals surface area (Å²) in [4.78, 5) is 14.7. The second-order valence-electron chi connectivity index (χ2n) is 5.32. The van der Waals surface area contributed by atoms with Crippen molar-refractivity contribution in [1.82, 2.24) is 15.5 Å². The summed E-state index contributed by atoms with van der Waals surface area (Å²) in [5.41, 5.74) is 2.48. The van der Waals surface area contributed by atoms with E-state index in [9.17, 15) is 4.79 Å². The molecular formula is C17H23N3O2S. The van der Waals surface area contributed by atoms with Gasteiger partial charge in [0.25, 0.3) is 5.91 Å². The predicted octanol–water partition coefficient (Wildman–Crippen LogP) is 2.36. The van der Waals surface area contributed by atoms with Crippen LogP contribution in [0.2, 0.25) is 0 Å². The smallest absolute Gasteiger partial charge is 0.253 e. The zero-order chi connectivity index (χ0) is 17.0. The van der Waals surface area contributed by atoms with Gasteiger partial charge in [0.15, 0.2) is 5.11 Å². The van der Waals surface area contributed by atoms with Gasteiger partial charge in [-0.05, 0) is 50.7 Å². The number of benzene rings is 1. The first-order chi connectivity index (χ1) is 11.0. The summed E-state index contributed by atoms with van der Waals surface area (Å²) in [6.07, 6.45) is 0. The minimum atomic E-state index is -0.261. The summed E-state index contributed by atoms with van der Waals surface area (Å²) in [5.74, 6) is 0.804. The third kappa shape index (κ3) is 3.64. The number of hydrogen-bond donors (Lipinski definition) is 2. The van der Waals surface area contributed by atoms with E-state index in [1.165, 1.54) is 0 Å². The molecule has 0 spiro atoms. The summed E-state index contributed by atoms with van der Waals surface area (Å²) in [6, 6.07) is 7.41. The number of allylic oxidation sites excluding steroid dienone is 1. The molecule has 0 aromatic heterocycles. The first-order valence-electron chi connectivity index (χ1n) is 7.73. The van der Waals surface area contributed by atoms with Gasteiger partial charge in [0.1, 0.15) is 5.75 Å². The maximum atomic E-state index is 12.9. The molecule has 1 heterocycles. The molecule has 2 rings (SSSR count). The molecule has 1 aliphatic heterocycles. The molecule has 0 bridgehead atoms. The van der Waals surface area contributed by atoms with Crippen molar-refractivity contribution >= 4 is 23.2 Å². The molecule has 0 fully saturated rings. The number of hydrogen-bond acceptors (Lipinski definition) is 3. The van der Waals surface area contributed by atoms with E-state index in [0.717, 1.165) is 17.0 Å². The predicted molar refractivity (Wildman–Crippen MR) is 95.2 cm³/mol. The number of nitrogens with one attached hydrogen (secondary N) is 2. The van der Waals surface area contributed by atoms with E-state index in [2.05, 4.69) is 10.6 Å². The van der Waals surface area contributed by atoms with Crippen molar-refractivity contribution < 1.29 is 9.53 Å². The number of amides is 1. The average Bonchev–Trinajstić information content (AvgIpc) is 2.55. The minimum absolute atomic E-state index is 0.0239.